The molecule has 0 fully saturated rings. The minimum Gasteiger partial charge on any atom is -0.497 e. The minimum absolute atomic E-state index is 0.582. The lowest BCUT2D eigenvalue weighted by molar-refractivity contribution is 0.223. The molecule has 1 aromatic rings. The van der Waals surface area contributed by atoms with Crippen molar-refractivity contribution >= 4 is 0 Å². The van der Waals surface area contributed by atoms with Crippen LogP contribution in [0, 0.1) is 0 Å². The van der Waals surface area contributed by atoms with Gasteiger partial charge < -0.3 is 10.5 Å². The summed E-state index contributed by atoms with van der Waals surface area (Å²) in [6, 6.07) is 6.84. The molecule has 2 N–H and O–H groups in total. The Labute approximate surface area is 83.9 Å². The zero-order valence-electron chi connectivity index (χ0n) is 8.75. The Kier molecular flexibility index (Phi) is 3.11. The second-order valence-electron chi connectivity index (χ2n) is 3.96. The second-order valence-corrected chi connectivity index (χ2v) is 3.96. The first kappa shape index (κ1) is 11.0. The van der Waals surface area contributed by atoms with Gasteiger partial charge in [0.1, 0.15) is 11.9 Å². The molecule has 0 spiro atoms. The van der Waals surface area contributed by atoms with Gasteiger partial charge in [-0.2, -0.15) is 0 Å². The third-order valence-corrected chi connectivity index (χ3v) is 2.06. The van der Waals surface area contributed by atoms with E-state index in [1.165, 1.54) is 0 Å². The third kappa shape index (κ3) is 2.45. The van der Waals surface area contributed by atoms with Crippen molar-refractivity contribution in [3.05, 3.63) is 29.8 Å². The molecule has 0 radical (unpaired) electrons. The van der Waals surface area contributed by atoms with Gasteiger partial charge in [0.25, 0.3) is 0 Å². The zero-order valence-corrected chi connectivity index (χ0v) is 8.75. The fourth-order valence-electron chi connectivity index (χ4n) is 1.20. The number of nitrogens with two attached hydrogens (primary N) is 1. The predicted octanol–water partition coefficient (Wildman–Crippen LogP) is 2.44. The SMILES string of the molecule is COc1ccc(C(F)C(C)(C)N)cc1. The summed E-state index contributed by atoms with van der Waals surface area (Å²) in [7, 11) is 1.58. The van der Waals surface area contributed by atoms with Crippen LogP contribution < -0.4 is 10.5 Å². The maximum atomic E-state index is 13.7. The minimum atomic E-state index is -1.16. The van der Waals surface area contributed by atoms with E-state index >= 15 is 0 Å². The van der Waals surface area contributed by atoms with Gasteiger partial charge in [-0.05, 0) is 31.5 Å². The lowest BCUT2D eigenvalue weighted by Crippen LogP contribution is -2.37. The molecule has 0 aliphatic heterocycles. The van der Waals surface area contributed by atoms with Crippen molar-refractivity contribution < 1.29 is 9.13 Å². The number of halogens is 1. The molecule has 1 rings (SSSR count). The van der Waals surface area contributed by atoms with Gasteiger partial charge in [-0.1, -0.05) is 12.1 Å². The topological polar surface area (TPSA) is 35.2 Å². The average molecular weight is 197 g/mol. The van der Waals surface area contributed by atoms with Crippen LogP contribution in [0.2, 0.25) is 0 Å². The predicted molar refractivity (Wildman–Crippen MR) is 55.1 cm³/mol. The highest BCUT2D eigenvalue weighted by atomic mass is 19.1. The molecule has 0 amide bonds. The van der Waals surface area contributed by atoms with Crippen LogP contribution in [0.1, 0.15) is 25.6 Å². The van der Waals surface area contributed by atoms with Crippen LogP contribution in [-0.2, 0) is 0 Å². The summed E-state index contributed by atoms with van der Waals surface area (Å²) in [5.74, 6) is 0.718. The number of benzene rings is 1. The van der Waals surface area contributed by atoms with E-state index in [0.717, 1.165) is 5.75 Å². The van der Waals surface area contributed by atoms with Crippen molar-refractivity contribution in [2.24, 2.45) is 5.73 Å². The van der Waals surface area contributed by atoms with Crippen LogP contribution in [0.15, 0.2) is 24.3 Å². The fourth-order valence-corrected chi connectivity index (χ4v) is 1.20. The average Bonchev–Trinajstić information content (AvgIpc) is 2.15. The number of rotatable bonds is 3. The zero-order chi connectivity index (χ0) is 10.8. The van der Waals surface area contributed by atoms with Gasteiger partial charge in [-0.3, -0.25) is 0 Å². The van der Waals surface area contributed by atoms with E-state index in [9.17, 15) is 4.39 Å². The number of hydrogen-bond donors (Lipinski definition) is 1. The molecule has 0 aromatic heterocycles. The molecule has 14 heavy (non-hydrogen) atoms. The quantitative estimate of drug-likeness (QED) is 0.807. The number of alkyl halides is 1. The van der Waals surface area contributed by atoms with E-state index < -0.39 is 11.7 Å². The van der Waals surface area contributed by atoms with E-state index in [0.29, 0.717) is 5.56 Å². The van der Waals surface area contributed by atoms with Gasteiger partial charge in [0.2, 0.25) is 0 Å². The molecule has 0 heterocycles. The third-order valence-electron chi connectivity index (χ3n) is 2.06. The highest BCUT2D eigenvalue weighted by Crippen LogP contribution is 2.28. The van der Waals surface area contributed by atoms with Gasteiger partial charge in [-0.15, -0.1) is 0 Å². The Bertz CT molecular complexity index is 289. The summed E-state index contributed by atoms with van der Waals surface area (Å²) in [6.07, 6.45) is -1.16. The summed E-state index contributed by atoms with van der Waals surface area (Å²) < 4.78 is 18.7. The van der Waals surface area contributed by atoms with E-state index in [2.05, 4.69) is 0 Å². The molecule has 0 aliphatic rings. The summed E-state index contributed by atoms with van der Waals surface area (Å²) in [5.41, 5.74) is 5.40. The molecule has 1 aromatic carbocycles. The molecule has 0 saturated carbocycles. The van der Waals surface area contributed by atoms with Crippen LogP contribution in [0.25, 0.3) is 0 Å². The number of ether oxygens (including phenoxy) is 1. The van der Waals surface area contributed by atoms with Gasteiger partial charge >= 0.3 is 0 Å². The van der Waals surface area contributed by atoms with E-state index in [4.69, 9.17) is 10.5 Å². The Morgan fingerprint density at radius 1 is 1.29 bits per heavy atom. The molecule has 3 heteroatoms. The van der Waals surface area contributed by atoms with Crippen LogP contribution in [0.3, 0.4) is 0 Å². The van der Waals surface area contributed by atoms with Crippen molar-refractivity contribution in [3.8, 4) is 5.75 Å². The van der Waals surface area contributed by atoms with Gasteiger partial charge in [-0.25, -0.2) is 4.39 Å². The van der Waals surface area contributed by atoms with Crippen molar-refractivity contribution in [2.45, 2.75) is 25.6 Å². The van der Waals surface area contributed by atoms with Crippen molar-refractivity contribution in [1.29, 1.82) is 0 Å². The van der Waals surface area contributed by atoms with Crippen LogP contribution in [-0.4, -0.2) is 12.6 Å². The molecule has 1 unspecified atom stereocenters. The van der Waals surface area contributed by atoms with Crippen LogP contribution >= 0.6 is 0 Å². The Hall–Kier alpha value is -1.09. The Morgan fingerprint density at radius 2 is 1.79 bits per heavy atom. The van der Waals surface area contributed by atoms with Crippen LogP contribution in [0.5, 0.6) is 5.75 Å². The summed E-state index contributed by atoms with van der Waals surface area (Å²) >= 11 is 0. The summed E-state index contributed by atoms with van der Waals surface area (Å²) in [4.78, 5) is 0. The molecular weight excluding hydrogens is 181 g/mol. The van der Waals surface area contributed by atoms with Gasteiger partial charge in [0.15, 0.2) is 0 Å². The Balaban J connectivity index is 2.87. The largest absolute Gasteiger partial charge is 0.497 e. The Morgan fingerprint density at radius 3 is 2.14 bits per heavy atom. The number of hydrogen-bond acceptors (Lipinski definition) is 2. The van der Waals surface area contributed by atoms with E-state index in [1.54, 1.807) is 45.2 Å². The second kappa shape index (κ2) is 3.96. The first-order valence-corrected chi connectivity index (χ1v) is 4.52. The van der Waals surface area contributed by atoms with E-state index in [-0.39, 0.29) is 0 Å². The highest BCUT2D eigenvalue weighted by Gasteiger charge is 2.26. The lowest BCUT2D eigenvalue weighted by Gasteiger charge is -2.23. The standard InChI is InChI=1S/C11H16FNO/c1-11(2,13)10(12)8-4-6-9(14-3)7-5-8/h4-7,10H,13H2,1-3H3. The highest BCUT2D eigenvalue weighted by molar-refractivity contribution is 5.29. The number of methoxy groups -OCH3 is 1. The van der Waals surface area contributed by atoms with Gasteiger partial charge in [0.05, 0.1) is 7.11 Å². The summed E-state index contributed by atoms with van der Waals surface area (Å²) in [6.45, 7) is 3.34. The van der Waals surface area contributed by atoms with E-state index in [1.807, 2.05) is 0 Å². The summed E-state index contributed by atoms with van der Waals surface area (Å²) in [5, 5.41) is 0. The maximum absolute atomic E-state index is 13.7. The van der Waals surface area contributed by atoms with Gasteiger partial charge in [0, 0.05) is 5.54 Å². The molecule has 0 aliphatic carbocycles. The first-order valence-electron chi connectivity index (χ1n) is 4.52. The molecular formula is C11H16FNO. The first-order chi connectivity index (χ1) is 6.45. The molecule has 0 bridgehead atoms. The van der Waals surface area contributed by atoms with Crippen molar-refractivity contribution in [1.82, 2.24) is 0 Å². The fraction of sp³-hybridized carbons (Fsp3) is 0.455. The molecule has 78 valence electrons. The maximum Gasteiger partial charge on any atom is 0.142 e. The normalized spacial score (nSPS) is 13.8. The molecule has 0 saturated heterocycles. The molecule has 2 nitrogen and oxygen atoms in total. The lowest BCUT2D eigenvalue weighted by atomic mass is 9.94. The molecule has 1 atom stereocenters. The van der Waals surface area contributed by atoms with Crippen molar-refractivity contribution in [3.63, 3.8) is 0 Å². The van der Waals surface area contributed by atoms with Crippen molar-refractivity contribution in [2.75, 3.05) is 7.11 Å². The van der Waals surface area contributed by atoms with Crippen LogP contribution in [0.4, 0.5) is 4.39 Å². The smallest absolute Gasteiger partial charge is 0.142 e. The monoisotopic (exact) mass is 197 g/mol.